The molecule has 16 heavy (non-hydrogen) atoms. The van der Waals surface area contributed by atoms with Crippen molar-refractivity contribution >= 4 is 5.78 Å². The SMILES string of the molecule is CCC(=O)C(C)(N)C1Oc2ccccc2O1. The highest BCUT2D eigenvalue weighted by molar-refractivity contribution is 5.88. The Hall–Kier alpha value is -1.55. The van der Waals surface area contributed by atoms with Gasteiger partial charge in [0, 0.05) is 6.42 Å². The van der Waals surface area contributed by atoms with Crippen molar-refractivity contribution in [1.29, 1.82) is 0 Å². The number of benzene rings is 1. The van der Waals surface area contributed by atoms with Gasteiger partial charge in [-0.2, -0.15) is 0 Å². The molecule has 0 bridgehead atoms. The molecule has 86 valence electrons. The van der Waals surface area contributed by atoms with Gasteiger partial charge in [-0.1, -0.05) is 19.1 Å². The molecule has 0 radical (unpaired) electrons. The van der Waals surface area contributed by atoms with E-state index in [1.807, 2.05) is 12.1 Å². The molecule has 2 rings (SSSR count). The topological polar surface area (TPSA) is 61.6 Å². The fourth-order valence-electron chi connectivity index (χ4n) is 1.66. The maximum Gasteiger partial charge on any atom is 0.265 e. The number of carbonyl (C=O) groups excluding carboxylic acids is 1. The first-order valence-electron chi connectivity index (χ1n) is 5.30. The molecule has 0 saturated heterocycles. The third-order valence-electron chi connectivity index (χ3n) is 2.73. The average Bonchev–Trinajstić information content (AvgIpc) is 2.72. The smallest absolute Gasteiger partial charge is 0.265 e. The summed E-state index contributed by atoms with van der Waals surface area (Å²) < 4.78 is 11.1. The Morgan fingerprint density at radius 3 is 2.31 bits per heavy atom. The molecule has 1 aromatic carbocycles. The third kappa shape index (κ3) is 1.65. The van der Waals surface area contributed by atoms with Crippen LogP contribution in [-0.2, 0) is 4.79 Å². The molecule has 0 fully saturated rings. The minimum absolute atomic E-state index is 0.0784. The van der Waals surface area contributed by atoms with Crippen molar-refractivity contribution in [3.63, 3.8) is 0 Å². The highest BCUT2D eigenvalue weighted by Gasteiger charge is 2.43. The van der Waals surface area contributed by atoms with E-state index in [1.165, 1.54) is 0 Å². The molecule has 2 N–H and O–H groups in total. The number of rotatable bonds is 3. The number of hydrogen-bond acceptors (Lipinski definition) is 4. The summed E-state index contributed by atoms with van der Waals surface area (Å²) in [6, 6.07) is 7.28. The van der Waals surface area contributed by atoms with Crippen molar-refractivity contribution in [1.82, 2.24) is 0 Å². The van der Waals surface area contributed by atoms with Crippen molar-refractivity contribution < 1.29 is 14.3 Å². The van der Waals surface area contributed by atoms with Gasteiger partial charge in [0.15, 0.2) is 17.3 Å². The van der Waals surface area contributed by atoms with Gasteiger partial charge < -0.3 is 15.2 Å². The van der Waals surface area contributed by atoms with Crippen LogP contribution in [0.5, 0.6) is 11.5 Å². The third-order valence-corrected chi connectivity index (χ3v) is 2.73. The van der Waals surface area contributed by atoms with Gasteiger partial charge in [-0.15, -0.1) is 0 Å². The van der Waals surface area contributed by atoms with E-state index >= 15 is 0 Å². The zero-order valence-electron chi connectivity index (χ0n) is 9.40. The highest BCUT2D eigenvalue weighted by atomic mass is 16.7. The van der Waals surface area contributed by atoms with E-state index in [4.69, 9.17) is 15.2 Å². The second kappa shape index (κ2) is 3.79. The molecule has 1 aromatic rings. The molecule has 0 spiro atoms. The number of ketones is 1. The standard InChI is InChI=1S/C12H15NO3/c1-3-10(14)12(2,13)11-15-8-6-4-5-7-9(8)16-11/h4-7,11H,3,13H2,1-2H3. The summed E-state index contributed by atoms with van der Waals surface area (Å²) in [4.78, 5) is 11.7. The molecular formula is C12H15NO3. The number of hydrogen-bond donors (Lipinski definition) is 1. The van der Waals surface area contributed by atoms with Crippen LogP contribution in [0.15, 0.2) is 24.3 Å². The van der Waals surface area contributed by atoms with Crippen LogP contribution in [0.2, 0.25) is 0 Å². The van der Waals surface area contributed by atoms with Gasteiger partial charge in [0.1, 0.15) is 5.54 Å². The van der Waals surface area contributed by atoms with E-state index in [9.17, 15) is 4.79 Å². The zero-order valence-corrected chi connectivity index (χ0v) is 9.40. The van der Waals surface area contributed by atoms with Crippen molar-refractivity contribution in [2.24, 2.45) is 5.73 Å². The number of carbonyl (C=O) groups is 1. The van der Waals surface area contributed by atoms with Crippen LogP contribution >= 0.6 is 0 Å². The molecule has 0 saturated carbocycles. The summed E-state index contributed by atoms with van der Waals surface area (Å²) in [6.07, 6.45) is -0.371. The van der Waals surface area contributed by atoms with E-state index in [2.05, 4.69) is 0 Å². The van der Waals surface area contributed by atoms with Crippen LogP contribution in [0.3, 0.4) is 0 Å². The van der Waals surface area contributed by atoms with E-state index in [-0.39, 0.29) is 5.78 Å². The Morgan fingerprint density at radius 2 is 1.88 bits per heavy atom. The van der Waals surface area contributed by atoms with Gasteiger partial charge in [-0.05, 0) is 19.1 Å². The van der Waals surface area contributed by atoms with Crippen molar-refractivity contribution in [3.8, 4) is 11.5 Å². The predicted molar refractivity (Wildman–Crippen MR) is 59.4 cm³/mol. The summed E-state index contributed by atoms with van der Waals surface area (Å²) in [5, 5.41) is 0. The zero-order chi connectivity index (χ0) is 11.8. The van der Waals surface area contributed by atoms with Crippen LogP contribution in [0.1, 0.15) is 20.3 Å². The number of Topliss-reactive ketones (excluding diaryl/α,β-unsaturated/α-hetero) is 1. The van der Waals surface area contributed by atoms with E-state index in [1.54, 1.807) is 26.0 Å². The quantitative estimate of drug-likeness (QED) is 0.839. The lowest BCUT2D eigenvalue weighted by molar-refractivity contribution is -0.132. The second-order valence-corrected chi connectivity index (χ2v) is 4.07. The van der Waals surface area contributed by atoms with Crippen molar-refractivity contribution in [3.05, 3.63) is 24.3 Å². The van der Waals surface area contributed by atoms with E-state index in [0.29, 0.717) is 17.9 Å². The van der Waals surface area contributed by atoms with Crippen LogP contribution < -0.4 is 15.2 Å². The Labute approximate surface area is 94.3 Å². The molecule has 0 aliphatic carbocycles. The minimum atomic E-state index is -1.12. The number of fused-ring (bicyclic) bond motifs is 1. The fourth-order valence-corrected chi connectivity index (χ4v) is 1.66. The van der Waals surface area contributed by atoms with E-state index < -0.39 is 11.8 Å². The summed E-state index contributed by atoms with van der Waals surface area (Å²) in [5.74, 6) is 1.19. The Bertz CT molecular complexity index is 389. The number of ether oxygens (including phenoxy) is 2. The lowest BCUT2D eigenvalue weighted by Crippen LogP contribution is -2.58. The number of nitrogens with two attached hydrogens (primary N) is 1. The molecule has 4 heteroatoms. The number of para-hydroxylation sites is 2. The van der Waals surface area contributed by atoms with Gasteiger partial charge >= 0.3 is 0 Å². The van der Waals surface area contributed by atoms with Crippen LogP contribution in [0, 0.1) is 0 Å². The molecule has 1 aliphatic rings. The summed E-state index contributed by atoms with van der Waals surface area (Å²) in [7, 11) is 0. The first kappa shape index (κ1) is 11.0. The van der Waals surface area contributed by atoms with Gasteiger partial charge in [0.05, 0.1) is 0 Å². The first-order chi connectivity index (χ1) is 7.55. The van der Waals surface area contributed by atoms with Gasteiger partial charge in [-0.25, -0.2) is 0 Å². The average molecular weight is 221 g/mol. The molecule has 0 aromatic heterocycles. The lowest BCUT2D eigenvalue weighted by Gasteiger charge is -2.27. The van der Waals surface area contributed by atoms with E-state index in [0.717, 1.165) is 0 Å². The normalized spacial score (nSPS) is 18.2. The predicted octanol–water partition coefficient (Wildman–Crippen LogP) is 1.48. The Kier molecular flexibility index (Phi) is 2.59. The summed E-state index contributed by atoms with van der Waals surface area (Å²) in [5.41, 5.74) is 4.84. The lowest BCUT2D eigenvalue weighted by atomic mass is 9.95. The van der Waals surface area contributed by atoms with Crippen molar-refractivity contribution in [2.45, 2.75) is 32.1 Å². The molecule has 1 unspecified atom stereocenters. The summed E-state index contributed by atoms with van der Waals surface area (Å²) >= 11 is 0. The molecule has 1 atom stereocenters. The minimum Gasteiger partial charge on any atom is -0.448 e. The Balaban J connectivity index is 2.20. The molecule has 4 nitrogen and oxygen atoms in total. The molecule has 1 aliphatic heterocycles. The first-order valence-corrected chi connectivity index (χ1v) is 5.30. The molecular weight excluding hydrogens is 206 g/mol. The van der Waals surface area contributed by atoms with Crippen LogP contribution in [-0.4, -0.2) is 17.6 Å². The highest BCUT2D eigenvalue weighted by Crippen LogP contribution is 2.36. The van der Waals surface area contributed by atoms with Crippen LogP contribution in [0.4, 0.5) is 0 Å². The van der Waals surface area contributed by atoms with Gasteiger partial charge in [0.2, 0.25) is 0 Å². The summed E-state index contributed by atoms with van der Waals surface area (Å²) in [6.45, 7) is 3.41. The van der Waals surface area contributed by atoms with Gasteiger partial charge in [-0.3, -0.25) is 4.79 Å². The maximum absolute atomic E-state index is 11.7. The fraction of sp³-hybridized carbons (Fsp3) is 0.417. The van der Waals surface area contributed by atoms with Crippen LogP contribution in [0.25, 0.3) is 0 Å². The maximum atomic E-state index is 11.7. The Morgan fingerprint density at radius 1 is 1.38 bits per heavy atom. The monoisotopic (exact) mass is 221 g/mol. The molecule has 0 amide bonds. The largest absolute Gasteiger partial charge is 0.448 e. The van der Waals surface area contributed by atoms with Gasteiger partial charge in [0.25, 0.3) is 6.29 Å². The second-order valence-electron chi connectivity index (χ2n) is 4.07. The molecule has 1 heterocycles. The van der Waals surface area contributed by atoms with Crippen molar-refractivity contribution in [2.75, 3.05) is 0 Å².